The summed E-state index contributed by atoms with van der Waals surface area (Å²) in [6.07, 6.45) is 4.03. The molecule has 4 nitrogen and oxygen atoms in total. The SMILES string of the molecule is CCCN(CCN(C)C)C(=O)C1(CC)CCCN1. The molecule has 1 N–H and O–H groups in total. The lowest BCUT2D eigenvalue weighted by Crippen LogP contribution is -2.55. The Kier molecular flexibility index (Phi) is 6.09. The van der Waals surface area contributed by atoms with Crippen LogP contribution in [0, 0.1) is 0 Å². The van der Waals surface area contributed by atoms with Crippen LogP contribution in [0.15, 0.2) is 0 Å². The quantitative estimate of drug-likeness (QED) is 0.745. The Balaban J connectivity index is 2.68. The van der Waals surface area contributed by atoms with Crippen LogP contribution in [0.5, 0.6) is 0 Å². The van der Waals surface area contributed by atoms with Gasteiger partial charge in [-0.25, -0.2) is 0 Å². The zero-order valence-electron chi connectivity index (χ0n) is 12.5. The molecule has 4 heteroatoms. The molecule has 1 atom stereocenters. The van der Waals surface area contributed by atoms with Gasteiger partial charge in [0.1, 0.15) is 0 Å². The number of carbonyl (C=O) groups excluding carboxylic acids is 1. The summed E-state index contributed by atoms with van der Waals surface area (Å²) in [6, 6.07) is 0. The Morgan fingerprint density at radius 3 is 2.39 bits per heavy atom. The second-order valence-corrected chi connectivity index (χ2v) is 5.56. The van der Waals surface area contributed by atoms with Crippen molar-refractivity contribution in [2.45, 2.75) is 45.1 Å². The van der Waals surface area contributed by atoms with Crippen molar-refractivity contribution >= 4 is 5.91 Å². The molecule has 1 rings (SSSR count). The van der Waals surface area contributed by atoms with E-state index in [2.05, 4.69) is 38.2 Å². The van der Waals surface area contributed by atoms with Gasteiger partial charge in [0.15, 0.2) is 0 Å². The van der Waals surface area contributed by atoms with Crippen molar-refractivity contribution in [3.8, 4) is 0 Å². The van der Waals surface area contributed by atoms with E-state index in [1.165, 1.54) is 0 Å². The molecule has 0 radical (unpaired) electrons. The highest BCUT2D eigenvalue weighted by atomic mass is 16.2. The van der Waals surface area contributed by atoms with E-state index < -0.39 is 0 Å². The molecule has 0 aliphatic carbocycles. The first-order valence-corrected chi connectivity index (χ1v) is 7.25. The fourth-order valence-electron chi connectivity index (χ4n) is 2.65. The van der Waals surface area contributed by atoms with Gasteiger partial charge >= 0.3 is 0 Å². The second-order valence-electron chi connectivity index (χ2n) is 5.56. The van der Waals surface area contributed by atoms with Crippen LogP contribution < -0.4 is 5.32 Å². The normalized spacial score (nSPS) is 23.6. The first kappa shape index (κ1) is 15.4. The topological polar surface area (TPSA) is 35.6 Å². The summed E-state index contributed by atoms with van der Waals surface area (Å²) in [4.78, 5) is 16.9. The Bertz CT molecular complexity index is 260. The Morgan fingerprint density at radius 2 is 1.94 bits per heavy atom. The zero-order chi connectivity index (χ0) is 13.6. The summed E-state index contributed by atoms with van der Waals surface area (Å²) in [5, 5.41) is 3.44. The van der Waals surface area contributed by atoms with Crippen molar-refractivity contribution in [2.75, 3.05) is 40.3 Å². The summed E-state index contributed by atoms with van der Waals surface area (Å²) in [6.45, 7) is 7.88. The van der Waals surface area contributed by atoms with Crippen LogP contribution in [-0.4, -0.2) is 61.5 Å². The maximum absolute atomic E-state index is 12.7. The van der Waals surface area contributed by atoms with Gasteiger partial charge in [0.05, 0.1) is 5.54 Å². The number of nitrogens with one attached hydrogen (secondary N) is 1. The molecule has 18 heavy (non-hydrogen) atoms. The van der Waals surface area contributed by atoms with E-state index in [-0.39, 0.29) is 5.54 Å². The Labute approximate surface area is 112 Å². The number of hydrogen-bond donors (Lipinski definition) is 1. The molecular formula is C14H29N3O. The molecule has 1 saturated heterocycles. The highest BCUT2D eigenvalue weighted by molar-refractivity contribution is 5.86. The van der Waals surface area contributed by atoms with Gasteiger partial charge in [-0.2, -0.15) is 0 Å². The minimum Gasteiger partial charge on any atom is -0.340 e. The van der Waals surface area contributed by atoms with Crippen LogP contribution in [0.1, 0.15) is 39.5 Å². The first-order valence-electron chi connectivity index (χ1n) is 7.25. The van der Waals surface area contributed by atoms with Gasteiger partial charge in [0.2, 0.25) is 5.91 Å². The average Bonchev–Trinajstić information content (AvgIpc) is 2.83. The fourth-order valence-corrected chi connectivity index (χ4v) is 2.65. The van der Waals surface area contributed by atoms with E-state index in [9.17, 15) is 4.79 Å². The molecular weight excluding hydrogens is 226 g/mol. The molecule has 1 heterocycles. The number of amides is 1. The Morgan fingerprint density at radius 1 is 1.22 bits per heavy atom. The minimum absolute atomic E-state index is 0.276. The van der Waals surface area contributed by atoms with Crippen LogP contribution in [0.3, 0.4) is 0 Å². The molecule has 0 aromatic rings. The van der Waals surface area contributed by atoms with Gasteiger partial charge in [-0.3, -0.25) is 4.79 Å². The number of nitrogens with zero attached hydrogens (tertiary/aromatic N) is 2. The summed E-state index contributed by atoms with van der Waals surface area (Å²) >= 11 is 0. The molecule has 1 unspecified atom stereocenters. The third-order valence-electron chi connectivity index (χ3n) is 3.85. The summed E-state index contributed by atoms with van der Waals surface area (Å²) in [5.41, 5.74) is -0.276. The van der Waals surface area contributed by atoms with Crippen molar-refractivity contribution in [3.63, 3.8) is 0 Å². The zero-order valence-corrected chi connectivity index (χ0v) is 12.5. The molecule has 106 valence electrons. The molecule has 1 aliphatic heterocycles. The van der Waals surface area contributed by atoms with Crippen molar-refractivity contribution < 1.29 is 4.79 Å². The number of hydrogen-bond acceptors (Lipinski definition) is 3. The lowest BCUT2D eigenvalue weighted by molar-refractivity contribution is -0.138. The van der Waals surface area contributed by atoms with E-state index in [0.29, 0.717) is 5.91 Å². The highest BCUT2D eigenvalue weighted by Crippen LogP contribution is 2.25. The van der Waals surface area contributed by atoms with E-state index in [1.807, 2.05) is 4.90 Å². The maximum Gasteiger partial charge on any atom is 0.242 e. The van der Waals surface area contributed by atoms with Gasteiger partial charge < -0.3 is 15.1 Å². The molecule has 1 amide bonds. The maximum atomic E-state index is 12.7. The van der Waals surface area contributed by atoms with Crippen LogP contribution in [0.25, 0.3) is 0 Å². The second kappa shape index (κ2) is 7.10. The van der Waals surface area contributed by atoms with Crippen LogP contribution >= 0.6 is 0 Å². The molecule has 0 bridgehead atoms. The monoisotopic (exact) mass is 255 g/mol. The lowest BCUT2D eigenvalue weighted by atomic mass is 9.92. The smallest absolute Gasteiger partial charge is 0.242 e. The predicted molar refractivity (Wildman–Crippen MR) is 75.7 cm³/mol. The summed E-state index contributed by atoms with van der Waals surface area (Å²) in [7, 11) is 4.11. The van der Waals surface area contributed by atoms with Crippen LogP contribution in [0.4, 0.5) is 0 Å². The van der Waals surface area contributed by atoms with Gasteiger partial charge in [-0.1, -0.05) is 13.8 Å². The third-order valence-corrected chi connectivity index (χ3v) is 3.85. The fraction of sp³-hybridized carbons (Fsp3) is 0.929. The molecule has 0 spiro atoms. The van der Waals surface area contributed by atoms with Gasteiger partial charge in [-0.15, -0.1) is 0 Å². The minimum atomic E-state index is -0.276. The van der Waals surface area contributed by atoms with Crippen LogP contribution in [-0.2, 0) is 4.79 Å². The largest absolute Gasteiger partial charge is 0.340 e. The average molecular weight is 255 g/mol. The molecule has 0 aromatic carbocycles. The van der Waals surface area contributed by atoms with Crippen molar-refractivity contribution in [1.29, 1.82) is 0 Å². The van der Waals surface area contributed by atoms with E-state index in [4.69, 9.17) is 0 Å². The summed E-state index contributed by atoms with van der Waals surface area (Å²) in [5.74, 6) is 0.311. The number of carbonyl (C=O) groups is 1. The van der Waals surface area contributed by atoms with E-state index >= 15 is 0 Å². The molecule has 1 aliphatic rings. The highest BCUT2D eigenvalue weighted by Gasteiger charge is 2.41. The van der Waals surface area contributed by atoms with Crippen LogP contribution in [0.2, 0.25) is 0 Å². The van der Waals surface area contributed by atoms with Gasteiger partial charge in [-0.05, 0) is 46.3 Å². The number of rotatable bonds is 7. The van der Waals surface area contributed by atoms with Crippen molar-refractivity contribution in [3.05, 3.63) is 0 Å². The van der Waals surface area contributed by atoms with Crippen molar-refractivity contribution in [2.24, 2.45) is 0 Å². The lowest BCUT2D eigenvalue weighted by Gasteiger charge is -2.34. The number of likely N-dealkylation sites (N-methyl/N-ethyl adjacent to an activating group) is 1. The van der Waals surface area contributed by atoms with E-state index in [1.54, 1.807) is 0 Å². The standard InChI is InChI=1S/C14H29N3O/c1-5-10-17(12-11-16(3)4)13(18)14(6-2)8-7-9-15-14/h15H,5-12H2,1-4H3. The molecule has 1 fully saturated rings. The first-order chi connectivity index (χ1) is 8.55. The predicted octanol–water partition coefficient (Wildman–Crippen LogP) is 1.32. The third kappa shape index (κ3) is 3.69. The van der Waals surface area contributed by atoms with Crippen molar-refractivity contribution in [1.82, 2.24) is 15.1 Å². The summed E-state index contributed by atoms with van der Waals surface area (Å²) < 4.78 is 0. The molecule has 0 aromatic heterocycles. The van der Waals surface area contributed by atoms with E-state index in [0.717, 1.165) is 51.9 Å². The Hall–Kier alpha value is -0.610. The van der Waals surface area contributed by atoms with Gasteiger partial charge in [0, 0.05) is 19.6 Å². The van der Waals surface area contributed by atoms with Gasteiger partial charge in [0.25, 0.3) is 0 Å². The molecule has 0 saturated carbocycles.